The molecule has 76 valence electrons. The van der Waals surface area contributed by atoms with E-state index in [1.54, 1.807) is 0 Å². The number of hydrogen-bond acceptors (Lipinski definition) is 3. The van der Waals surface area contributed by atoms with Gasteiger partial charge in [-0.2, -0.15) is 0 Å². The Bertz CT molecular complexity index is 314. The lowest BCUT2D eigenvalue weighted by Crippen LogP contribution is -2.38. The van der Waals surface area contributed by atoms with E-state index in [0.29, 0.717) is 11.3 Å². The van der Waals surface area contributed by atoms with Gasteiger partial charge in [-0.1, -0.05) is 12.1 Å². The third-order valence-electron chi connectivity index (χ3n) is 2.51. The van der Waals surface area contributed by atoms with E-state index in [2.05, 4.69) is 41.8 Å². The molecule has 1 aliphatic heterocycles. The number of benzene rings is 1. The van der Waals surface area contributed by atoms with E-state index in [1.807, 2.05) is 18.8 Å². The first kappa shape index (κ1) is 9.87. The van der Waals surface area contributed by atoms with Crippen molar-refractivity contribution in [3.05, 3.63) is 24.3 Å². The molecule has 2 N–H and O–H groups in total. The van der Waals surface area contributed by atoms with Gasteiger partial charge in [0.25, 0.3) is 0 Å². The SMILES string of the molecule is CNCC1Sc2ccccc2NC1C. The molecule has 0 spiro atoms. The first-order chi connectivity index (χ1) is 6.81. The molecule has 1 heterocycles. The van der Waals surface area contributed by atoms with Crippen molar-refractivity contribution >= 4 is 17.4 Å². The fourth-order valence-electron chi connectivity index (χ4n) is 1.71. The largest absolute Gasteiger partial charge is 0.381 e. The van der Waals surface area contributed by atoms with Crippen molar-refractivity contribution in [3.8, 4) is 0 Å². The Balaban J connectivity index is 2.18. The van der Waals surface area contributed by atoms with Gasteiger partial charge in [0.1, 0.15) is 0 Å². The average molecular weight is 208 g/mol. The van der Waals surface area contributed by atoms with Crippen molar-refractivity contribution in [1.29, 1.82) is 0 Å². The Labute approximate surface area is 89.5 Å². The summed E-state index contributed by atoms with van der Waals surface area (Å²) in [6.07, 6.45) is 0. The van der Waals surface area contributed by atoms with Gasteiger partial charge in [-0.3, -0.25) is 0 Å². The third kappa shape index (κ3) is 1.88. The van der Waals surface area contributed by atoms with Crippen LogP contribution in [0.25, 0.3) is 0 Å². The molecule has 0 saturated heterocycles. The van der Waals surface area contributed by atoms with E-state index in [4.69, 9.17) is 0 Å². The van der Waals surface area contributed by atoms with Gasteiger partial charge in [-0.05, 0) is 26.1 Å². The van der Waals surface area contributed by atoms with Gasteiger partial charge in [0.05, 0.1) is 0 Å². The molecule has 1 aromatic carbocycles. The van der Waals surface area contributed by atoms with Crippen LogP contribution in [0.5, 0.6) is 0 Å². The van der Waals surface area contributed by atoms with Crippen molar-refractivity contribution in [3.63, 3.8) is 0 Å². The Hall–Kier alpha value is -0.670. The topological polar surface area (TPSA) is 24.1 Å². The summed E-state index contributed by atoms with van der Waals surface area (Å²) in [5.74, 6) is 0. The Kier molecular flexibility index (Phi) is 2.99. The zero-order valence-electron chi connectivity index (χ0n) is 8.58. The van der Waals surface area contributed by atoms with Gasteiger partial charge >= 0.3 is 0 Å². The van der Waals surface area contributed by atoms with Crippen molar-refractivity contribution in [1.82, 2.24) is 5.32 Å². The summed E-state index contributed by atoms with van der Waals surface area (Å²) in [5, 5.41) is 7.39. The minimum Gasteiger partial charge on any atom is -0.381 e. The summed E-state index contributed by atoms with van der Waals surface area (Å²) in [6.45, 7) is 3.29. The molecule has 0 radical (unpaired) electrons. The van der Waals surface area contributed by atoms with E-state index in [0.717, 1.165) is 6.54 Å². The van der Waals surface area contributed by atoms with Crippen LogP contribution in [0, 0.1) is 0 Å². The number of nitrogens with one attached hydrogen (secondary N) is 2. The van der Waals surface area contributed by atoms with Crippen LogP contribution in [0.1, 0.15) is 6.92 Å². The quantitative estimate of drug-likeness (QED) is 0.779. The number of hydrogen-bond donors (Lipinski definition) is 2. The molecule has 0 fully saturated rings. The smallest absolute Gasteiger partial charge is 0.0480 e. The average Bonchev–Trinajstić information content (AvgIpc) is 2.19. The molecule has 1 aromatic rings. The summed E-state index contributed by atoms with van der Waals surface area (Å²) in [4.78, 5) is 1.37. The summed E-state index contributed by atoms with van der Waals surface area (Å²) in [6, 6.07) is 9.04. The molecule has 0 aliphatic carbocycles. The predicted octanol–water partition coefficient (Wildman–Crippen LogP) is 2.18. The van der Waals surface area contributed by atoms with Gasteiger partial charge < -0.3 is 10.6 Å². The molecule has 3 heteroatoms. The summed E-state index contributed by atoms with van der Waals surface area (Å²) >= 11 is 1.96. The molecule has 2 atom stereocenters. The van der Waals surface area contributed by atoms with Crippen LogP contribution in [0.3, 0.4) is 0 Å². The maximum absolute atomic E-state index is 3.53. The van der Waals surface area contributed by atoms with E-state index in [1.165, 1.54) is 10.6 Å². The molecule has 1 aliphatic rings. The highest BCUT2D eigenvalue weighted by Gasteiger charge is 2.24. The standard InChI is InChI=1S/C11H16N2S/c1-8-11(7-12-2)14-10-6-4-3-5-9(10)13-8/h3-6,8,11-13H,7H2,1-2H3. The highest BCUT2D eigenvalue weighted by Crippen LogP contribution is 2.36. The van der Waals surface area contributed by atoms with Crippen LogP contribution in [0.4, 0.5) is 5.69 Å². The highest BCUT2D eigenvalue weighted by atomic mass is 32.2. The summed E-state index contributed by atoms with van der Waals surface area (Å²) < 4.78 is 0. The molecule has 0 amide bonds. The Morgan fingerprint density at radius 1 is 1.43 bits per heavy atom. The van der Waals surface area contributed by atoms with Gasteiger partial charge in [0.2, 0.25) is 0 Å². The molecule has 2 nitrogen and oxygen atoms in total. The zero-order chi connectivity index (χ0) is 9.97. The normalized spacial score (nSPS) is 25.3. The second-order valence-electron chi connectivity index (χ2n) is 3.64. The zero-order valence-corrected chi connectivity index (χ0v) is 9.40. The fourth-order valence-corrected chi connectivity index (χ4v) is 2.97. The van der Waals surface area contributed by atoms with Crippen LogP contribution in [-0.2, 0) is 0 Å². The lowest BCUT2D eigenvalue weighted by Gasteiger charge is -2.31. The van der Waals surface area contributed by atoms with Crippen LogP contribution in [0.15, 0.2) is 29.2 Å². The van der Waals surface area contributed by atoms with Crippen molar-refractivity contribution in [2.45, 2.75) is 23.1 Å². The maximum Gasteiger partial charge on any atom is 0.0480 e. The second-order valence-corrected chi connectivity index (χ2v) is 4.92. The van der Waals surface area contributed by atoms with Gasteiger partial charge in [0.15, 0.2) is 0 Å². The fraction of sp³-hybridized carbons (Fsp3) is 0.455. The summed E-state index contributed by atoms with van der Waals surface area (Å²) in [7, 11) is 2.01. The molecule has 0 bridgehead atoms. The van der Waals surface area contributed by atoms with Crippen molar-refractivity contribution in [2.24, 2.45) is 0 Å². The van der Waals surface area contributed by atoms with E-state index < -0.39 is 0 Å². The first-order valence-corrected chi connectivity index (χ1v) is 5.86. The monoisotopic (exact) mass is 208 g/mol. The molecular weight excluding hydrogens is 192 g/mol. The van der Waals surface area contributed by atoms with E-state index >= 15 is 0 Å². The number of para-hydroxylation sites is 1. The minimum atomic E-state index is 0.530. The van der Waals surface area contributed by atoms with Crippen LogP contribution in [0.2, 0.25) is 0 Å². The van der Waals surface area contributed by atoms with Gasteiger partial charge in [-0.15, -0.1) is 11.8 Å². The van der Waals surface area contributed by atoms with Crippen LogP contribution in [-0.4, -0.2) is 24.9 Å². The Morgan fingerprint density at radius 3 is 3.00 bits per heavy atom. The number of anilines is 1. The Morgan fingerprint density at radius 2 is 2.21 bits per heavy atom. The van der Waals surface area contributed by atoms with Crippen LogP contribution < -0.4 is 10.6 Å². The van der Waals surface area contributed by atoms with Crippen LogP contribution >= 0.6 is 11.8 Å². The van der Waals surface area contributed by atoms with Gasteiger partial charge in [0, 0.05) is 28.4 Å². The maximum atomic E-state index is 3.53. The van der Waals surface area contributed by atoms with E-state index in [-0.39, 0.29) is 0 Å². The second kappa shape index (κ2) is 4.24. The molecular formula is C11H16N2S. The number of thioether (sulfide) groups is 1. The number of rotatable bonds is 2. The third-order valence-corrected chi connectivity index (χ3v) is 4.00. The number of fused-ring (bicyclic) bond motifs is 1. The lowest BCUT2D eigenvalue weighted by atomic mass is 10.2. The first-order valence-electron chi connectivity index (χ1n) is 4.98. The summed E-state index contributed by atoms with van der Waals surface area (Å²) in [5.41, 5.74) is 1.28. The van der Waals surface area contributed by atoms with E-state index in [9.17, 15) is 0 Å². The molecule has 0 aromatic heterocycles. The minimum absolute atomic E-state index is 0.530. The molecule has 14 heavy (non-hydrogen) atoms. The predicted molar refractivity (Wildman–Crippen MR) is 63.1 cm³/mol. The van der Waals surface area contributed by atoms with Crippen molar-refractivity contribution in [2.75, 3.05) is 18.9 Å². The lowest BCUT2D eigenvalue weighted by molar-refractivity contribution is 0.665. The molecule has 2 unspecified atom stereocenters. The van der Waals surface area contributed by atoms with Crippen molar-refractivity contribution < 1.29 is 0 Å². The molecule has 0 saturated carbocycles. The highest BCUT2D eigenvalue weighted by molar-refractivity contribution is 8.00. The molecule has 2 rings (SSSR count). The van der Waals surface area contributed by atoms with Gasteiger partial charge in [-0.25, -0.2) is 0 Å².